The second-order valence-electron chi connectivity index (χ2n) is 6.57. The minimum Gasteiger partial charge on any atom is -0.372 e. The molecule has 0 radical (unpaired) electrons. The fraction of sp³-hybridized carbons (Fsp3) is 0.0476. The molecule has 4 rings (SSSR count). The number of sulfone groups is 1. The molecule has 0 saturated carbocycles. The van der Waals surface area contributed by atoms with Crippen LogP contribution in [0.4, 0.5) is 26.2 Å². The summed E-state index contributed by atoms with van der Waals surface area (Å²) in [6, 6.07) is 9.97. The van der Waals surface area contributed by atoms with Crippen molar-refractivity contribution in [2.24, 2.45) is 0 Å². The highest BCUT2D eigenvalue weighted by atomic mass is 32.2. The van der Waals surface area contributed by atoms with Gasteiger partial charge in [0.15, 0.2) is 0 Å². The SMILES string of the molecule is CNc1nc(Nc2ccc3[nH]ccc3c2)ncc1C=CS(=O)(=O)c1ccc(F)cc1F. The smallest absolute Gasteiger partial charge is 0.229 e. The maximum atomic E-state index is 13.9. The molecule has 0 atom stereocenters. The van der Waals surface area contributed by atoms with Crippen LogP contribution in [0.1, 0.15) is 5.56 Å². The lowest BCUT2D eigenvalue weighted by atomic mass is 10.2. The Balaban J connectivity index is 1.59. The molecule has 2 aromatic heterocycles. The van der Waals surface area contributed by atoms with Crippen molar-refractivity contribution < 1.29 is 17.2 Å². The lowest BCUT2D eigenvalue weighted by Crippen LogP contribution is -2.03. The van der Waals surface area contributed by atoms with Crippen LogP contribution in [-0.4, -0.2) is 30.4 Å². The highest BCUT2D eigenvalue weighted by molar-refractivity contribution is 7.94. The van der Waals surface area contributed by atoms with Crippen LogP contribution in [0.2, 0.25) is 0 Å². The third-order valence-corrected chi connectivity index (χ3v) is 5.93. The van der Waals surface area contributed by atoms with Crippen molar-refractivity contribution in [2.75, 3.05) is 17.7 Å². The van der Waals surface area contributed by atoms with E-state index in [2.05, 4.69) is 25.6 Å². The van der Waals surface area contributed by atoms with Crippen molar-refractivity contribution in [3.8, 4) is 0 Å². The third-order valence-electron chi connectivity index (χ3n) is 4.49. The number of hydrogen-bond donors (Lipinski definition) is 3. The molecule has 4 aromatic rings. The predicted molar refractivity (Wildman–Crippen MR) is 116 cm³/mol. The van der Waals surface area contributed by atoms with Gasteiger partial charge in [0, 0.05) is 53.1 Å². The quantitative estimate of drug-likeness (QED) is 0.382. The Hall–Kier alpha value is -3.79. The first kappa shape index (κ1) is 20.5. The molecular weight excluding hydrogens is 424 g/mol. The molecule has 2 heterocycles. The highest BCUT2D eigenvalue weighted by Gasteiger charge is 2.17. The number of aromatic amines is 1. The van der Waals surface area contributed by atoms with Gasteiger partial charge in [0.25, 0.3) is 0 Å². The van der Waals surface area contributed by atoms with Crippen molar-refractivity contribution in [2.45, 2.75) is 4.90 Å². The van der Waals surface area contributed by atoms with Crippen LogP contribution in [0.5, 0.6) is 0 Å². The predicted octanol–water partition coefficient (Wildman–Crippen LogP) is 4.47. The van der Waals surface area contributed by atoms with Gasteiger partial charge in [-0.2, -0.15) is 4.98 Å². The van der Waals surface area contributed by atoms with Crippen molar-refractivity contribution >= 4 is 44.3 Å². The zero-order valence-corrected chi connectivity index (χ0v) is 17.0. The zero-order valence-electron chi connectivity index (χ0n) is 16.2. The van der Waals surface area contributed by atoms with Gasteiger partial charge in [-0.15, -0.1) is 0 Å². The Kier molecular flexibility index (Phi) is 5.38. The summed E-state index contributed by atoms with van der Waals surface area (Å²) in [7, 11) is -2.50. The summed E-state index contributed by atoms with van der Waals surface area (Å²) in [5, 5.41) is 7.83. The molecule has 31 heavy (non-hydrogen) atoms. The number of halogens is 2. The van der Waals surface area contributed by atoms with Crippen LogP contribution in [-0.2, 0) is 9.84 Å². The Morgan fingerprint density at radius 2 is 1.94 bits per heavy atom. The maximum absolute atomic E-state index is 13.9. The molecule has 0 aliphatic rings. The lowest BCUT2D eigenvalue weighted by Gasteiger charge is -2.09. The number of nitrogens with one attached hydrogen (secondary N) is 3. The summed E-state index contributed by atoms with van der Waals surface area (Å²) in [6.45, 7) is 0. The maximum Gasteiger partial charge on any atom is 0.229 e. The van der Waals surface area contributed by atoms with Gasteiger partial charge in [0.05, 0.1) is 0 Å². The van der Waals surface area contributed by atoms with Gasteiger partial charge in [0.2, 0.25) is 15.8 Å². The molecule has 0 fully saturated rings. The van der Waals surface area contributed by atoms with Gasteiger partial charge in [-0.1, -0.05) is 0 Å². The number of hydrogen-bond acceptors (Lipinski definition) is 6. The van der Waals surface area contributed by atoms with E-state index in [4.69, 9.17) is 0 Å². The van der Waals surface area contributed by atoms with Gasteiger partial charge < -0.3 is 15.6 Å². The molecule has 158 valence electrons. The Morgan fingerprint density at radius 3 is 2.71 bits per heavy atom. The van der Waals surface area contributed by atoms with Gasteiger partial charge >= 0.3 is 0 Å². The third kappa shape index (κ3) is 4.38. The van der Waals surface area contributed by atoms with E-state index in [1.54, 1.807) is 7.05 Å². The number of anilines is 3. The van der Waals surface area contributed by atoms with E-state index in [1.165, 1.54) is 12.3 Å². The normalized spacial score (nSPS) is 11.8. The second-order valence-corrected chi connectivity index (χ2v) is 8.38. The summed E-state index contributed by atoms with van der Waals surface area (Å²) < 4.78 is 51.7. The first-order chi connectivity index (χ1) is 14.9. The summed E-state index contributed by atoms with van der Waals surface area (Å²) >= 11 is 0. The lowest BCUT2D eigenvalue weighted by molar-refractivity contribution is 0.552. The van der Waals surface area contributed by atoms with Crippen LogP contribution in [0.25, 0.3) is 17.0 Å². The second kappa shape index (κ2) is 8.15. The number of fused-ring (bicyclic) bond motifs is 1. The van der Waals surface area contributed by atoms with E-state index >= 15 is 0 Å². The monoisotopic (exact) mass is 441 g/mol. The van der Waals surface area contributed by atoms with Gasteiger partial charge in [-0.05, 0) is 42.5 Å². The van der Waals surface area contributed by atoms with Crippen LogP contribution in [0.15, 0.2) is 65.2 Å². The molecule has 0 aliphatic carbocycles. The molecule has 2 aromatic carbocycles. The van der Waals surface area contributed by atoms with Gasteiger partial charge in [-0.25, -0.2) is 22.2 Å². The minimum atomic E-state index is -4.13. The number of nitrogens with zero attached hydrogens (tertiary/aromatic N) is 2. The number of H-pyrrole nitrogens is 1. The molecule has 10 heteroatoms. The average Bonchev–Trinajstić information content (AvgIpc) is 3.20. The van der Waals surface area contributed by atoms with E-state index < -0.39 is 26.4 Å². The minimum absolute atomic E-state index is 0.309. The summed E-state index contributed by atoms with van der Waals surface area (Å²) in [6.07, 6.45) is 4.53. The number of rotatable bonds is 6. The molecule has 0 saturated heterocycles. The highest BCUT2D eigenvalue weighted by Crippen LogP contribution is 2.23. The standard InChI is InChI=1S/C21H17F2N5O2S/c1-24-20-14(7-9-31(29,30)19-5-2-15(22)11-17(19)23)12-26-21(28-20)27-16-3-4-18-13(10-16)6-8-25-18/h2-12,25H,1H3,(H2,24,26,27,28). The van der Waals surface area contributed by atoms with Gasteiger partial charge in [-0.3, -0.25) is 0 Å². The molecule has 3 N–H and O–H groups in total. The Morgan fingerprint density at radius 1 is 1.10 bits per heavy atom. The van der Waals surface area contributed by atoms with Crippen molar-refractivity contribution in [1.29, 1.82) is 0 Å². The number of aromatic nitrogens is 3. The van der Waals surface area contributed by atoms with Crippen molar-refractivity contribution in [1.82, 2.24) is 15.0 Å². The van der Waals surface area contributed by atoms with Crippen LogP contribution >= 0.6 is 0 Å². The molecule has 0 aliphatic heterocycles. The Labute approximate surface area is 176 Å². The molecule has 0 unspecified atom stereocenters. The summed E-state index contributed by atoms with van der Waals surface area (Å²) in [5.41, 5.74) is 2.16. The molecular formula is C21H17F2N5O2S. The number of benzene rings is 2. The van der Waals surface area contributed by atoms with E-state index in [1.807, 2.05) is 30.5 Å². The van der Waals surface area contributed by atoms with E-state index in [-0.39, 0.29) is 0 Å². The van der Waals surface area contributed by atoms with Gasteiger partial charge in [0.1, 0.15) is 22.3 Å². The van der Waals surface area contributed by atoms with Crippen molar-refractivity contribution in [3.05, 3.63) is 77.5 Å². The fourth-order valence-corrected chi connectivity index (χ4v) is 4.04. The summed E-state index contributed by atoms with van der Waals surface area (Å²) in [4.78, 5) is 11.1. The topological polar surface area (TPSA) is 99.8 Å². The molecule has 7 nitrogen and oxygen atoms in total. The largest absolute Gasteiger partial charge is 0.372 e. The van der Waals surface area contributed by atoms with Crippen molar-refractivity contribution in [3.63, 3.8) is 0 Å². The van der Waals surface area contributed by atoms with E-state index in [0.717, 1.165) is 34.1 Å². The van der Waals surface area contributed by atoms with E-state index in [0.29, 0.717) is 23.4 Å². The summed E-state index contributed by atoms with van der Waals surface area (Å²) in [5.74, 6) is -1.34. The fourth-order valence-electron chi connectivity index (χ4n) is 2.98. The van der Waals surface area contributed by atoms with Crippen LogP contribution in [0.3, 0.4) is 0 Å². The zero-order chi connectivity index (χ0) is 22.0. The van der Waals surface area contributed by atoms with E-state index in [9.17, 15) is 17.2 Å². The molecule has 0 spiro atoms. The first-order valence-electron chi connectivity index (χ1n) is 9.13. The molecule has 0 amide bonds. The van der Waals surface area contributed by atoms with Crippen LogP contribution in [0, 0.1) is 11.6 Å². The average molecular weight is 441 g/mol. The van der Waals surface area contributed by atoms with Crippen LogP contribution < -0.4 is 10.6 Å². The Bertz CT molecular complexity index is 1400. The molecule has 0 bridgehead atoms. The first-order valence-corrected chi connectivity index (χ1v) is 10.7.